The monoisotopic (exact) mass is 408 g/mol. The molecule has 0 saturated carbocycles. The van der Waals surface area contributed by atoms with E-state index in [9.17, 15) is 9.59 Å². The number of nitrogens with one attached hydrogen (secondary N) is 1. The van der Waals surface area contributed by atoms with E-state index in [2.05, 4.69) is 35.8 Å². The van der Waals surface area contributed by atoms with Crippen LogP contribution in [0.4, 0.5) is 5.69 Å². The third kappa shape index (κ3) is 11.3. The third-order valence-corrected chi connectivity index (χ3v) is 3.66. The van der Waals surface area contributed by atoms with E-state index in [0.29, 0.717) is 17.5 Å². The number of anilines is 1. The molecule has 0 saturated heterocycles. The molecule has 0 aliphatic carbocycles. The van der Waals surface area contributed by atoms with E-state index in [1.807, 2.05) is 27.7 Å². The highest BCUT2D eigenvalue weighted by Gasteiger charge is 2.21. The lowest BCUT2D eigenvalue weighted by Crippen LogP contribution is -2.04. The van der Waals surface area contributed by atoms with Crippen molar-refractivity contribution in [1.82, 2.24) is 4.98 Å². The molecule has 0 radical (unpaired) electrons. The second-order valence-corrected chi connectivity index (χ2v) is 6.15. The van der Waals surface area contributed by atoms with Gasteiger partial charge in [0.05, 0.1) is 7.11 Å². The van der Waals surface area contributed by atoms with Crippen LogP contribution in [-0.2, 0) is 9.53 Å². The summed E-state index contributed by atoms with van der Waals surface area (Å²) < 4.78 is 9.78. The summed E-state index contributed by atoms with van der Waals surface area (Å²) >= 11 is 0. The standard InChI is InChI=1S/C10H8N2O4.C9H20.2C2H6/c1-15-10(14)9-8(12-5-13)7-6(16-9)3-2-4-11-7;1-4-5-6-7-8-9(2)3;2*1-2/h2-5H,1H3,(H,12,13);9H,4-8H2,1-3H3;2*1-2H3. The minimum Gasteiger partial charge on any atom is -0.463 e. The molecule has 0 atom stereocenters. The molecule has 1 N–H and O–H groups in total. The number of methoxy groups -OCH3 is 1. The summed E-state index contributed by atoms with van der Waals surface area (Å²) in [6, 6.07) is 3.31. The van der Waals surface area contributed by atoms with E-state index in [-0.39, 0.29) is 11.4 Å². The quantitative estimate of drug-likeness (QED) is 0.293. The van der Waals surface area contributed by atoms with Gasteiger partial charge in [0.15, 0.2) is 5.58 Å². The highest BCUT2D eigenvalue weighted by Crippen LogP contribution is 2.28. The number of amides is 1. The Kier molecular flexibility index (Phi) is 18.9. The van der Waals surface area contributed by atoms with Gasteiger partial charge in [0, 0.05) is 6.20 Å². The Labute approximate surface area is 176 Å². The molecule has 2 aromatic rings. The predicted octanol–water partition coefficient (Wildman–Crippen LogP) is 6.85. The molecule has 166 valence electrons. The van der Waals surface area contributed by atoms with Crippen molar-refractivity contribution in [1.29, 1.82) is 0 Å². The first-order valence-corrected chi connectivity index (χ1v) is 10.7. The van der Waals surface area contributed by atoms with Gasteiger partial charge >= 0.3 is 5.97 Å². The van der Waals surface area contributed by atoms with E-state index in [1.165, 1.54) is 45.4 Å². The summed E-state index contributed by atoms with van der Waals surface area (Å²) in [5.41, 5.74) is 1.04. The van der Waals surface area contributed by atoms with Gasteiger partial charge in [-0.2, -0.15) is 0 Å². The second-order valence-electron chi connectivity index (χ2n) is 6.15. The number of furan rings is 1. The second kappa shape index (κ2) is 19.0. The molecule has 0 spiro atoms. The van der Waals surface area contributed by atoms with Crippen LogP contribution in [0.15, 0.2) is 22.7 Å². The summed E-state index contributed by atoms with van der Waals surface area (Å²) in [6.07, 6.45) is 9.06. The van der Waals surface area contributed by atoms with E-state index < -0.39 is 5.97 Å². The van der Waals surface area contributed by atoms with Crippen LogP contribution in [0, 0.1) is 5.92 Å². The number of esters is 1. The SMILES string of the molecule is CC.CC.CCCCCCC(C)C.COC(=O)c1oc2cccnc2c1NC=O. The van der Waals surface area contributed by atoms with Gasteiger partial charge in [-0.3, -0.25) is 9.78 Å². The first-order chi connectivity index (χ1) is 14.0. The zero-order valence-electron chi connectivity index (χ0n) is 19.5. The molecule has 29 heavy (non-hydrogen) atoms. The van der Waals surface area contributed by atoms with Gasteiger partial charge in [-0.15, -0.1) is 0 Å². The van der Waals surface area contributed by atoms with Crippen molar-refractivity contribution in [3.05, 3.63) is 24.1 Å². The maximum atomic E-state index is 11.4. The zero-order valence-corrected chi connectivity index (χ0v) is 19.5. The van der Waals surface area contributed by atoms with Crippen molar-refractivity contribution in [2.24, 2.45) is 5.92 Å². The predicted molar refractivity (Wildman–Crippen MR) is 121 cm³/mol. The Morgan fingerprint density at radius 3 is 2.38 bits per heavy atom. The van der Waals surface area contributed by atoms with Gasteiger partial charge in [-0.1, -0.05) is 80.6 Å². The molecule has 0 bridgehead atoms. The Hall–Kier alpha value is -2.37. The summed E-state index contributed by atoms with van der Waals surface area (Å²) in [5, 5.41) is 2.38. The number of carbonyl (C=O) groups is 2. The van der Waals surface area contributed by atoms with Crippen molar-refractivity contribution >= 4 is 29.2 Å². The van der Waals surface area contributed by atoms with Crippen LogP contribution in [0.25, 0.3) is 11.1 Å². The average Bonchev–Trinajstić information content (AvgIpc) is 3.13. The number of rotatable bonds is 8. The molecule has 2 heterocycles. The van der Waals surface area contributed by atoms with Crippen LogP contribution >= 0.6 is 0 Å². The highest BCUT2D eigenvalue weighted by molar-refractivity contribution is 6.05. The van der Waals surface area contributed by atoms with Crippen LogP contribution in [0.1, 0.15) is 91.1 Å². The number of hydrogen-bond donors (Lipinski definition) is 1. The number of carbonyl (C=O) groups excluding carboxylic acids is 2. The molecule has 0 unspecified atom stereocenters. The molecule has 1 amide bonds. The van der Waals surface area contributed by atoms with Crippen molar-refractivity contribution < 1.29 is 18.7 Å². The molecule has 2 aromatic heterocycles. The van der Waals surface area contributed by atoms with Gasteiger partial charge in [0.2, 0.25) is 12.2 Å². The van der Waals surface area contributed by atoms with Gasteiger partial charge < -0.3 is 14.5 Å². The van der Waals surface area contributed by atoms with Crippen molar-refractivity contribution in [2.45, 2.75) is 80.6 Å². The minimum atomic E-state index is -0.664. The Bertz CT molecular complexity index is 666. The third-order valence-electron chi connectivity index (χ3n) is 3.66. The first kappa shape index (κ1) is 28.8. The van der Waals surface area contributed by atoms with Gasteiger partial charge in [0.25, 0.3) is 0 Å². The van der Waals surface area contributed by atoms with Crippen LogP contribution in [0.2, 0.25) is 0 Å². The summed E-state index contributed by atoms with van der Waals surface area (Å²) in [4.78, 5) is 25.8. The van der Waals surface area contributed by atoms with Crippen molar-refractivity contribution in [3.63, 3.8) is 0 Å². The van der Waals surface area contributed by atoms with E-state index >= 15 is 0 Å². The van der Waals surface area contributed by atoms with E-state index in [0.717, 1.165) is 5.92 Å². The van der Waals surface area contributed by atoms with Crippen LogP contribution in [0.5, 0.6) is 0 Å². The number of fused-ring (bicyclic) bond motifs is 1. The fourth-order valence-corrected chi connectivity index (χ4v) is 2.34. The van der Waals surface area contributed by atoms with Crippen LogP contribution in [0.3, 0.4) is 0 Å². The Morgan fingerprint density at radius 1 is 1.21 bits per heavy atom. The molecule has 2 rings (SSSR count). The number of nitrogens with zero attached hydrogens (tertiary/aromatic N) is 1. The average molecular weight is 409 g/mol. The molecule has 0 aliphatic rings. The van der Waals surface area contributed by atoms with E-state index in [1.54, 1.807) is 12.1 Å². The molecule has 6 heteroatoms. The maximum Gasteiger partial charge on any atom is 0.376 e. The first-order valence-electron chi connectivity index (χ1n) is 10.7. The lowest BCUT2D eigenvalue weighted by Gasteiger charge is -2.01. The van der Waals surface area contributed by atoms with Crippen LogP contribution < -0.4 is 5.32 Å². The molecular weight excluding hydrogens is 368 g/mol. The summed E-state index contributed by atoms with van der Waals surface area (Å²) in [5.74, 6) is 0.174. The fourth-order valence-electron chi connectivity index (χ4n) is 2.34. The molecule has 6 nitrogen and oxygen atoms in total. The summed E-state index contributed by atoms with van der Waals surface area (Å²) in [6.45, 7) is 14.9. The Balaban J connectivity index is 0. The van der Waals surface area contributed by atoms with Crippen LogP contribution in [-0.4, -0.2) is 24.5 Å². The number of unbranched alkanes of at least 4 members (excludes halogenated alkanes) is 3. The van der Waals surface area contributed by atoms with Crippen molar-refractivity contribution in [2.75, 3.05) is 12.4 Å². The largest absolute Gasteiger partial charge is 0.463 e. The summed E-state index contributed by atoms with van der Waals surface area (Å²) in [7, 11) is 1.23. The number of aromatic nitrogens is 1. The van der Waals surface area contributed by atoms with Gasteiger partial charge in [-0.25, -0.2) is 4.79 Å². The lowest BCUT2D eigenvalue weighted by atomic mass is 10.1. The maximum absolute atomic E-state index is 11.4. The molecular formula is C23H40N2O4. The lowest BCUT2D eigenvalue weighted by molar-refractivity contribution is -0.105. The molecule has 0 aromatic carbocycles. The smallest absolute Gasteiger partial charge is 0.376 e. The minimum absolute atomic E-state index is 0.0664. The van der Waals surface area contributed by atoms with E-state index in [4.69, 9.17) is 4.42 Å². The normalized spacial score (nSPS) is 9.28. The molecule has 0 aliphatic heterocycles. The molecule has 0 fully saturated rings. The number of hydrogen-bond acceptors (Lipinski definition) is 5. The Morgan fingerprint density at radius 2 is 1.86 bits per heavy atom. The highest BCUT2D eigenvalue weighted by atomic mass is 16.5. The van der Waals surface area contributed by atoms with Gasteiger partial charge in [0.1, 0.15) is 11.2 Å². The van der Waals surface area contributed by atoms with Gasteiger partial charge in [-0.05, 0) is 18.1 Å². The van der Waals surface area contributed by atoms with Crippen molar-refractivity contribution in [3.8, 4) is 0 Å². The number of pyridine rings is 1. The fraction of sp³-hybridized carbons (Fsp3) is 0.609. The zero-order chi connectivity index (χ0) is 22.7. The number of ether oxygens (including phenoxy) is 1. The topological polar surface area (TPSA) is 81.4 Å².